The number of hydrogen-bond acceptors (Lipinski definition) is 3. The zero-order valence-corrected chi connectivity index (χ0v) is 15.7. The summed E-state index contributed by atoms with van der Waals surface area (Å²) in [6, 6.07) is 10.5. The lowest BCUT2D eigenvalue weighted by molar-refractivity contribution is 0.0572. The van der Waals surface area contributed by atoms with Crippen molar-refractivity contribution in [1.82, 2.24) is 9.47 Å². The fourth-order valence-electron chi connectivity index (χ4n) is 3.50. The van der Waals surface area contributed by atoms with Crippen LogP contribution in [0.15, 0.2) is 47.4 Å². The Balaban J connectivity index is 1.86. The maximum atomic E-state index is 13.0. The summed E-state index contributed by atoms with van der Waals surface area (Å²) in [4.78, 5) is 27.1. The van der Waals surface area contributed by atoms with Crippen molar-refractivity contribution < 1.29 is 4.79 Å². The Labute approximate surface area is 158 Å². The van der Waals surface area contributed by atoms with Crippen LogP contribution in [0.4, 0.5) is 0 Å². The predicted octanol–water partition coefficient (Wildman–Crippen LogP) is 2.75. The third kappa shape index (κ3) is 4.00. The number of nitrogens with two attached hydrogens (primary N) is 1. The summed E-state index contributed by atoms with van der Waals surface area (Å²) in [6.45, 7) is 3.67. The van der Waals surface area contributed by atoms with Crippen LogP contribution in [0.2, 0.25) is 5.02 Å². The fourth-order valence-corrected chi connectivity index (χ4v) is 3.70. The molecule has 1 aromatic carbocycles. The van der Waals surface area contributed by atoms with Gasteiger partial charge in [0.25, 0.3) is 11.5 Å². The van der Waals surface area contributed by atoms with Crippen LogP contribution in [-0.4, -0.2) is 34.5 Å². The quantitative estimate of drug-likeness (QED) is 0.895. The number of hydrogen-bond donors (Lipinski definition) is 1. The first-order valence-electron chi connectivity index (χ1n) is 8.94. The second-order valence-electron chi connectivity index (χ2n) is 6.99. The molecule has 0 aliphatic carbocycles. The summed E-state index contributed by atoms with van der Waals surface area (Å²) < 4.78 is 1.53. The van der Waals surface area contributed by atoms with Gasteiger partial charge in [0.2, 0.25) is 0 Å². The van der Waals surface area contributed by atoms with Gasteiger partial charge in [0, 0.05) is 36.4 Å². The molecule has 0 radical (unpaired) electrons. The van der Waals surface area contributed by atoms with E-state index in [4.69, 9.17) is 17.3 Å². The summed E-state index contributed by atoms with van der Waals surface area (Å²) in [5.74, 6) is 0.502. The smallest absolute Gasteiger partial charge is 0.255 e. The van der Waals surface area contributed by atoms with Crippen molar-refractivity contribution in [3.05, 3.63) is 69.1 Å². The molecular formula is C20H24ClN3O2. The highest BCUT2D eigenvalue weighted by molar-refractivity contribution is 6.31. The molecule has 0 saturated carbocycles. The summed E-state index contributed by atoms with van der Waals surface area (Å²) >= 11 is 6.20. The number of halogens is 1. The van der Waals surface area contributed by atoms with Crippen LogP contribution in [0.1, 0.15) is 35.7 Å². The van der Waals surface area contributed by atoms with Crippen LogP contribution >= 0.6 is 11.6 Å². The number of aromatic nitrogens is 1. The molecule has 1 aromatic heterocycles. The number of carbonyl (C=O) groups is 1. The number of piperidine rings is 1. The third-order valence-corrected chi connectivity index (χ3v) is 5.41. The summed E-state index contributed by atoms with van der Waals surface area (Å²) in [7, 11) is 0. The molecule has 3 rings (SSSR count). The first-order valence-corrected chi connectivity index (χ1v) is 9.32. The van der Waals surface area contributed by atoms with Gasteiger partial charge in [0.1, 0.15) is 0 Å². The minimum atomic E-state index is -0.163. The average Bonchev–Trinajstić information content (AvgIpc) is 2.64. The van der Waals surface area contributed by atoms with Crippen molar-refractivity contribution in [2.24, 2.45) is 11.7 Å². The van der Waals surface area contributed by atoms with Crippen molar-refractivity contribution in [2.75, 3.05) is 13.1 Å². The van der Waals surface area contributed by atoms with Crippen molar-refractivity contribution in [2.45, 2.75) is 32.4 Å². The highest BCUT2D eigenvalue weighted by atomic mass is 35.5. The van der Waals surface area contributed by atoms with E-state index in [1.165, 1.54) is 10.6 Å². The lowest BCUT2D eigenvalue weighted by Crippen LogP contribution is -2.49. The second kappa shape index (κ2) is 8.06. The summed E-state index contributed by atoms with van der Waals surface area (Å²) in [6.07, 6.45) is 3.52. The number of benzene rings is 1. The zero-order chi connectivity index (χ0) is 18.7. The molecule has 2 heterocycles. The van der Waals surface area contributed by atoms with E-state index in [1.807, 2.05) is 23.1 Å². The average molecular weight is 374 g/mol. The lowest BCUT2D eigenvalue weighted by atomic mass is 9.92. The van der Waals surface area contributed by atoms with Crippen LogP contribution in [0.3, 0.4) is 0 Å². The van der Waals surface area contributed by atoms with E-state index in [0.29, 0.717) is 36.1 Å². The highest BCUT2D eigenvalue weighted by Crippen LogP contribution is 2.23. The lowest BCUT2D eigenvalue weighted by Gasteiger charge is -2.38. The van der Waals surface area contributed by atoms with Gasteiger partial charge < -0.3 is 15.2 Å². The molecule has 2 aromatic rings. The van der Waals surface area contributed by atoms with Gasteiger partial charge in [0.15, 0.2) is 0 Å². The van der Waals surface area contributed by atoms with Crippen molar-refractivity contribution in [1.29, 1.82) is 0 Å². The number of pyridine rings is 1. The molecule has 0 spiro atoms. The molecule has 5 nitrogen and oxygen atoms in total. The number of nitrogens with zero attached hydrogens (tertiary/aromatic N) is 2. The third-order valence-electron chi connectivity index (χ3n) is 5.04. The van der Waals surface area contributed by atoms with Crippen LogP contribution in [0.25, 0.3) is 0 Å². The molecule has 2 atom stereocenters. The topological polar surface area (TPSA) is 68.3 Å². The van der Waals surface area contributed by atoms with Gasteiger partial charge in [-0.2, -0.15) is 0 Å². The maximum absolute atomic E-state index is 13.0. The van der Waals surface area contributed by atoms with E-state index in [0.717, 1.165) is 18.4 Å². The largest absolute Gasteiger partial charge is 0.334 e. The molecule has 6 heteroatoms. The SMILES string of the molecule is CC1CCN(C(=O)c2ccc(=O)n(Cc3ccccc3Cl)c2)C(CN)C1. The standard InChI is InChI=1S/C20H24ClN3O2/c1-14-8-9-24(17(10-14)11-22)20(26)16-6-7-19(25)23(13-16)12-15-4-2-3-5-18(15)21/h2-7,13-14,17H,8-12,22H2,1H3. The zero-order valence-electron chi connectivity index (χ0n) is 14.9. The number of amides is 1. The van der Waals surface area contributed by atoms with Crippen LogP contribution in [0, 0.1) is 5.92 Å². The van der Waals surface area contributed by atoms with Crippen molar-refractivity contribution >= 4 is 17.5 Å². The predicted molar refractivity (Wildman–Crippen MR) is 104 cm³/mol. The minimum absolute atomic E-state index is 0.0511. The molecular weight excluding hydrogens is 350 g/mol. The molecule has 0 bridgehead atoms. The van der Waals surface area contributed by atoms with Gasteiger partial charge in [-0.25, -0.2) is 0 Å². The van der Waals surface area contributed by atoms with E-state index in [2.05, 4.69) is 6.92 Å². The molecule has 1 aliphatic heterocycles. The maximum Gasteiger partial charge on any atom is 0.255 e. The molecule has 1 fully saturated rings. The Hall–Kier alpha value is -2.11. The van der Waals surface area contributed by atoms with Crippen LogP contribution in [-0.2, 0) is 6.54 Å². The monoisotopic (exact) mass is 373 g/mol. The fraction of sp³-hybridized carbons (Fsp3) is 0.400. The number of likely N-dealkylation sites (tertiary alicyclic amines) is 1. The Morgan fingerprint density at radius 3 is 2.77 bits per heavy atom. The van der Waals surface area contributed by atoms with E-state index in [9.17, 15) is 9.59 Å². The minimum Gasteiger partial charge on any atom is -0.334 e. The van der Waals surface area contributed by atoms with E-state index >= 15 is 0 Å². The van der Waals surface area contributed by atoms with Crippen LogP contribution < -0.4 is 11.3 Å². The van der Waals surface area contributed by atoms with Gasteiger partial charge >= 0.3 is 0 Å². The van der Waals surface area contributed by atoms with Gasteiger partial charge in [-0.1, -0.05) is 36.7 Å². The van der Waals surface area contributed by atoms with Gasteiger partial charge in [-0.05, 0) is 36.5 Å². The molecule has 26 heavy (non-hydrogen) atoms. The van der Waals surface area contributed by atoms with E-state index < -0.39 is 0 Å². The highest BCUT2D eigenvalue weighted by Gasteiger charge is 2.29. The van der Waals surface area contributed by atoms with Gasteiger partial charge in [-0.3, -0.25) is 9.59 Å². The van der Waals surface area contributed by atoms with E-state index in [-0.39, 0.29) is 17.5 Å². The second-order valence-corrected chi connectivity index (χ2v) is 7.40. The normalized spacial score (nSPS) is 20.2. The Morgan fingerprint density at radius 1 is 1.27 bits per heavy atom. The Morgan fingerprint density at radius 2 is 2.04 bits per heavy atom. The first-order chi connectivity index (χ1) is 12.5. The molecule has 1 aliphatic rings. The molecule has 2 unspecified atom stereocenters. The number of carbonyl (C=O) groups excluding carboxylic acids is 1. The Kier molecular flexibility index (Phi) is 5.79. The number of rotatable bonds is 4. The van der Waals surface area contributed by atoms with Gasteiger partial charge in [0.05, 0.1) is 12.1 Å². The van der Waals surface area contributed by atoms with Crippen LogP contribution in [0.5, 0.6) is 0 Å². The first kappa shape index (κ1) is 18.7. The van der Waals surface area contributed by atoms with Crippen molar-refractivity contribution in [3.63, 3.8) is 0 Å². The van der Waals surface area contributed by atoms with Gasteiger partial charge in [-0.15, -0.1) is 0 Å². The summed E-state index contributed by atoms with van der Waals surface area (Å²) in [5, 5.41) is 0.601. The molecule has 1 amide bonds. The molecule has 2 N–H and O–H groups in total. The molecule has 138 valence electrons. The Bertz CT molecular complexity index is 849. The van der Waals surface area contributed by atoms with E-state index in [1.54, 1.807) is 18.3 Å². The van der Waals surface area contributed by atoms with Crippen molar-refractivity contribution in [3.8, 4) is 0 Å². The summed E-state index contributed by atoms with van der Waals surface area (Å²) in [5.41, 5.74) is 7.06. The molecule has 1 saturated heterocycles.